The molecule has 3 N–H and O–H groups in total. The molecule has 3 heterocycles. The van der Waals surface area contributed by atoms with Crippen LogP contribution in [0.25, 0.3) is 5.69 Å². The van der Waals surface area contributed by atoms with Crippen molar-refractivity contribution in [3.8, 4) is 5.69 Å². The minimum absolute atomic E-state index is 0.0311. The first-order valence-electron chi connectivity index (χ1n) is 10.6. The molecule has 35 heavy (non-hydrogen) atoms. The Hall–Kier alpha value is -4.04. The number of rotatable bonds is 5. The standard InChI is InChI=1S/C21H25N9O4S/c1-21(2,3)16-11-18(25-19(31)24-17-9-10-22-13-23-17)30(26-16)15-7-5-14(6-8-15)12-29-28(4)20(32)27-35(29,33)34/h5-11,13H,12H2,1-4H3,(H,27,32)(H2,22,23,24,25,31). The number of anilines is 2. The summed E-state index contributed by atoms with van der Waals surface area (Å²) in [6.45, 7) is 6.00. The van der Waals surface area contributed by atoms with Crippen LogP contribution in [0.4, 0.5) is 21.2 Å². The monoisotopic (exact) mass is 499 g/mol. The summed E-state index contributed by atoms with van der Waals surface area (Å²) in [7, 11) is -2.55. The summed E-state index contributed by atoms with van der Waals surface area (Å²) in [5.74, 6) is 0.782. The number of nitrogens with one attached hydrogen (secondary N) is 3. The number of hydrogen-bond acceptors (Lipinski definition) is 7. The van der Waals surface area contributed by atoms with Gasteiger partial charge in [0.05, 0.1) is 17.9 Å². The molecule has 2 aromatic heterocycles. The van der Waals surface area contributed by atoms with Gasteiger partial charge in [0.15, 0.2) is 0 Å². The van der Waals surface area contributed by atoms with Crippen molar-refractivity contribution in [3.63, 3.8) is 0 Å². The largest absolute Gasteiger partial charge is 0.347 e. The molecule has 1 aromatic carbocycles. The molecule has 1 saturated heterocycles. The van der Waals surface area contributed by atoms with E-state index in [-0.39, 0.29) is 12.0 Å². The van der Waals surface area contributed by atoms with Crippen LogP contribution in [0.1, 0.15) is 32.0 Å². The summed E-state index contributed by atoms with van der Waals surface area (Å²) >= 11 is 0. The Morgan fingerprint density at radius 3 is 2.40 bits per heavy atom. The maximum atomic E-state index is 12.6. The molecule has 13 nitrogen and oxygen atoms in total. The van der Waals surface area contributed by atoms with E-state index in [9.17, 15) is 18.0 Å². The third kappa shape index (κ3) is 5.22. The van der Waals surface area contributed by atoms with E-state index in [2.05, 4.69) is 25.7 Å². The third-order valence-corrected chi connectivity index (χ3v) is 6.53. The molecule has 184 valence electrons. The highest BCUT2D eigenvalue weighted by atomic mass is 32.2. The topological polar surface area (TPSA) is 154 Å². The van der Waals surface area contributed by atoms with Crippen molar-refractivity contribution in [2.24, 2.45) is 0 Å². The van der Waals surface area contributed by atoms with Gasteiger partial charge in [0, 0.05) is 24.7 Å². The van der Waals surface area contributed by atoms with Gasteiger partial charge in [-0.1, -0.05) is 37.3 Å². The number of carbonyl (C=O) groups excluding carboxylic acids is 2. The normalized spacial score (nSPS) is 15.7. The quantitative estimate of drug-likeness (QED) is 0.486. The predicted octanol–water partition coefficient (Wildman–Crippen LogP) is 2.22. The van der Waals surface area contributed by atoms with E-state index in [0.717, 1.165) is 15.1 Å². The van der Waals surface area contributed by atoms with Gasteiger partial charge in [0.1, 0.15) is 18.0 Å². The lowest BCUT2D eigenvalue weighted by Crippen LogP contribution is -2.36. The van der Waals surface area contributed by atoms with Crippen LogP contribution in [0.5, 0.6) is 0 Å². The number of amides is 4. The zero-order chi connectivity index (χ0) is 25.4. The second-order valence-electron chi connectivity index (χ2n) is 8.83. The molecule has 1 fully saturated rings. The number of nitrogens with zero attached hydrogens (tertiary/aromatic N) is 6. The molecule has 3 aromatic rings. The van der Waals surface area contributed by atoms with Crippen LogP contribution < -0.4 is 15.4 Å². The fourth-order valence-corrected chi connectivity index (χ4v) is 4.42. The molecule has 14 heteroatoms. The summed E-state index contributed by atoms with van der Waals surface area (Å²) in [6, 6.07) is 9.09. The molecular formula is C21H25N9O4S. The van der Waals surface area contributed by atoms with Crippen molar-refractivity contribution >= 4 is 33.9 Å². The number of carbonyl (C=O) groups is 2. The average molecular weight is 500 g/mol. The van der Waals surface area contributed by atoms with E-state index in [1.807, 2.05) is 25.5 Å². The molecular weight excluding hydrogens is 474 g/mol. The van der Waals surface area contributed by atoms with Gasteiger partial charge >= 0.3 is 22.3 Å². The molecule has 0 unspecified atom stereocenters. The lowest BCUT2D eigenvalue weighted by atomic mass is 9.92. The van der Waals surface area contributed by atoms with Gasteiger partial charge in [-0.3, -0.25) is 10.6 Å². The highest BCUT2D eigenvalue weighted by Gasteiger charge is 2.38. The smallest absolute Gasteiger partial charge is 0.292 e. The van der Waals surface area contributed by atoms with Gasteiger partial charge in [-0.15, -0.1) is 0 Å². The molecule has 4 rings (SSSR count). The zero-order valence-electron chi connectivity index (χ0n) is 19.6. The Balaban J connectivity index is 1.58. The second kappa shape index (κ2) is 8.96. The van der Waals surface area contributed by atoms with Crippen molar-refractivity contribution in [1.29, 1.82) is 0 Å². The Bertz CT molecular complexity index is 1350. The fourth-order valence-electron chi connectivity index (χ4n) is 3.24. The van der Waals surface area contributed by atoms with Crippen molar-refractivity contribution in [3.05, 3.63) is 60.2 Å². The van der Waals surface area contributed by atoms with Gasteiger partial charge in [-0.2, -0.15) is 13.5 Å². The molecule has 0 spiro atoms. The number of benzene rings is 1. The first kappa shape index (κ1) is 24.1. The Labute approximate surface area is 202 Å². The van der Waals surface area contributed by atoms with E-state index < -0.39 is 22.3 Å². The SMILES string of the molecule is CN1C(=O)NS(=O)(=O)N1Cc1ccc(-n2nc(C(C)(C)C)cc2NC(=O)Nc2ccncn2)cc1. The van der Waals surface area contributed by atoms with Gasteiger partial charge < -0.3 is 0 Å². The van der Waals surface area contributed by atoms with Gasteiger partial charge in [-0.05, 0) is 23.8 Å². The number of urea groups is 2. The van der Waals surface area contributed by atoms with E-state index in [1.165, 1.54) is 19.6 Å². The molecule has 0 aliphatic carbocycles. The Morgan fingerprint density at radius 2 is 1.83 bits per heavy atom. The van der Waals surface area contributed by atoms with Gasteiger partial charge in [-0.25, -0.2) is 34.0 Å². The molecule has 4 amide bonds. The van der Waals surface area contributed by atoms with E-state index >= 15 is 0 Å². The van der Waals surface area contributed by atoms with Crippen molar-refractivity contribution < 1.29 is 18.0 Å². The minimum atomic E-state index is -3.93. The average Bonchev–Trinajstić information content (AvgIpc) is 3.29. The van der Waals surface area contributed by atoms with E-state index in [4.69, 9.17) is 0 Å². The van der Waals surface area contributed by atoms with Crippen LogP contribution >= 0.6 is 0 Å². The number of hydrazine groups is 1. The molecule has 0 saturated carbocycles. The van der Waals surface area contributed by atoms with Crippen LogP contribution in [-0.4, -0.2) is 56.7 Å². The third-order valence-electron chi connectivity index (χ3n) is 5.16. The van der Waals surface area contributed by atoms with E-state index in [0.29, 0.717) is 22.9 Å². The van der Waals surface area contributed by atoms with Crippen LogP contribution in [0, 0.1) is 0 Å². The lowest BCUT2D eigenvalue weighted by molar-refractivity contribution is 0.132. The summed E-state index contributed by atoms with van der Waals surface area (Å²) in [5, 5.41) is 11.1. The van der Waals surface area contributed by atoms with Crippen molar-refractivity contribution in [2.45, 2.75) is 32.7 Å². The maximum absolute atomic E-state index is 12.6. The van der Waals surface area contributed by atoms with Crippen molar-refractivity contribution in [2.75, 3.05) is 17.7 Å². The lowest BCUT2D eigenvalue weighted by Gasteiger charge is -2.20. The zero-order valence-corrected chi connectivity index (χ0v) is 20.4. The maximum Gasteiger partial charge on any atom is 0.347 e. The number of hydrogen-bond donors (Lipinski definition) is 3. The van der Waals surface area contributed by atoms with E-state index in [1.54, 1.807) is 41.1 Å². The molecule has 0 bridgehead atoms. The highest BCUT2D eigenvalue weighted by molar-refractivity contribution is 7.88. The number of aromatic nitrogens is 4. The Morgan fingerprint density at radius 1 is 1.11 bits per heavy atom. The fraction of sp³-hybridized carbons (Fsp3) is 0.286. The van der Waals surface area contributed by atoms with Gasteiger partial charge in [0.2, 0.25) is 0 Å². The first-order valence-corrected chi connectivity index (χ1v) is 12.0. The van der Waals surface area contributed by atoms with Crippen LogP contribution in [0.3, 0.4) is 0 Å². The predicted molar refractivity (Wildman–Crippen MR) is 128 cm³/mol. The molecule has 0 atom stereocenters. The van der Waals surface area contributed by atoms with Crippen LogP contribution in [0.2, 0.25) is 0 Å². The van der Waals surface area contributed by atoms with Gasteiger partial charge in [0.25, 0.3) is 0 Å². The molecule has 1 aliphatic rings. The minimum Gasteiger partial charge on any atom is -0.292 e. The highest BCUT2D eigenvalue weighted by Crippen LogP contribution is 2.27. The second-order valence-corrected chi connectivity index (χ2v) is 10.4. The van der Waals surface area contributed by atoms with Crippen LogP contribution in [0.15, 0.2) is 48.9 Å². The molecule has 0 radical (unpaired) electrons. The summed E-state index contributed by atoms with van der Waals surface area (Å²) in [4.78, 5) is 32.1. The van der Waals surface area contributed by atoms with Crippen LogP contribution in [-0.2, 0) is 22.2 Å². The summed E-state index contributed by atoms with van der Waals surface area (Å²) < 4.78 is 28.7. The summed E-state index contributed by atoms with van der Waals surface area (Å²) in [5.41, 5.74) is 1.78. The first-order chi connectivity index (χ1) is 16.4. The van der Waals surface area contributed by atoms with Crippen molar-refractivity contribution in [1.82, 2.24) is 33.9 Å². The molecule has 1 aliphatic heterocycles. The Kier molecular flexibility index (Phi) is 6.17. The summed E-state index contributed by atoms with van der Waals surface area (Å²) in [6.07, 6.45) is 2.85.